The number of halogens is 1. The molecule has 1 heterocycles. The third-order valence-corrected chi connectivity index (χ3v) is 5.69. The second-order valence-electron chi connectivity index (χ2n) is 6.63. The van der Waals surface area contributed by atoms with Crippen LogP contribution in [0, 0.1) is 0 Å². The highest BCUT2D eigenvalue weighted by atomic mass is 79.9. The zero-order valence-electron chi connectivity index (χ0n) is 15.7. The predicted molar refractivity (Wildman–Crippen MR) is 115 cm³/mol. The summed E-state index contributed by atoms with van der Waals surface area (Å²) in [4.78, 5) is 36.9. The Bertz CT molecular complexity index is 1000. The SMILES string of the molecule is CC(C)N1C(=O)S/C(=C/c2ccc(OCc3ccc(C(=O)O)cc3)c(Br)c2)C1=O. The van der Waals surface area contributed by atoms with Crippen molar-refractivity contribution < 1.29 is 24.2 Å². The Labute approximate surface area is 180 Å². The molecule has 2 aromatic rings. The lowest BCUT2D eigenvalue weighted by molar-refractivity contribution is -0.123. The van der Waals surface area contributed by atoms with E-state index in [1.807, 2.05) is 6.07 Å². The molecule has 2 aromatic carbocycles. The van der Waals surface area contributed by atoms with E-state index in [2.05, 4.69) is 15.9 Å². The van der Waals surface area contributed by atoms with Gasteiger partial charge in [0, 0.05) is 6.04 Å². The van der Waals surface area contributed by atoms with E-state index in [0.29, 0.717) is 15.1 Å². The van der Waals surface area contributed by atoms with E-state index >= 15 is 0 Å². The fourth-order valence-corrected chi connectivity index (χ4v) is 4.18. The van der Waals surface area contributed by atoms with Crippen molar-refractivity contribution in [2.75, 3.05) is 0 Å². The number of hydrogen-bond acceptors (Lipinski definition) is 5. The molecule has 3 rings (SSSR count). The van der Waals surface area contributed by atoms with Gasteiger partial charge in [0.1, 0.15) is 12.4 Å². The molecule has 0 radical (unpaired) electrons. The predicted octanol–water partition coefficient (Wildman–Crippen LogP) is 5.17. The average molecular weight is 476 g/mol. The highest BCUT2D eigenvalue weighted by Crippen LogP contribution is 2.35. The molecule has 1 fully saturated rings. The molecule has 1 N–H and O–H groups in total. The molecule has 29 heavy (non-hydrogen) atoms. The summed E-state index contributed by atoms with van der Waals surface area (Å²) in [7, 11) is 0. The van der Waals surface area contributed by atoms with Gasteiger partial charge in [-0.15, -0.1) is 0 Å². The number of carboxylic acid groups (broad SMARTS) is 1. The Kier molecular flexibility index (Phi) is 6.44. The van der Waals surface area contributed by atoms with Gasteiger partial charge in [0.05, 0.1) is 14.9 Å². The zero-order chi connectivity index (χ0) is 21.1. The Balaban J connectivity index is 1.70. The van der Waals surface area contributed by atoms with Crippen molar-refractivity contribution in [1.29, 1.82) is 0 Å². The molecule has 1 aliphatic rings. The van der Waals surface area contributed by atoms with Crippen LogP contribution in [0.3, 0.4) is 0 Å². The summed E-state index contributed by atoms with van der Waals surface area (Å²) >= 11 is 4.40. The van der Waals surface area contributed by atoms with Crippen LogP contribution >= 0.6 is 27.7 Å². The maximum atomic E-state index is 12.4. The van der Waals surface area contributed by atoms with Gasteiger partial charge in [0.2, 0.25) is 0 Å². The number of carboxylic acids is 1. The third kappa shape index (κ3) is 4.89. The number of carbonyl (C=O) groups is 3. The lowest BCUT2D eigenvalue weighted by Gasteiger charge is -2.16. The van der Waals surface area contributed by atoms with Crippen LogP contribution in [-0.2, 0) is 11.4 Å². The van der Waals surface area contributed by atoms with Crippen LogP contribution in [0.5, 0.6) is 5.75 Å². The molecule has 0 atom stereocenters. The van der Waals surface area contributed by atoms with Crippen LogP contribution in [-0.4, -0.2) is 33.2 Å². The number of amides is 2. The van der Waals surface area contributed by atoms with E-state index in [-0.39, 0.29) is 29.4 Å². The molecular formula is C21H18BrNO5S. The van der Waals surface area contributed by atoms with E-state index in [0.717, 1.165) is 22.9 Å². The third-order valence-electron chi connectivity index (χ3n) is 4.19. The molecule has 1 saturated heterocycles. The van der Waals surface area contributed by atoms with E-state index in [1.54, 1.807) is 44.2 Å². The summed E-state index contributed by atoms with van der Waals surface area (Å²) in [5, 5.41) is 8.67. The van der Waals surface area contributed by atoms with E-state index in [9.17, 15) is 14.4 Å². The summed E-state index contributed by atoms with van der Waals surface area (Å²) in [5.74, 6) is -0.641. The molecule has 2 amide bonds. The Morgan fingerprint density at radius 2 is 1.90 bits per heavy atom. The number of rotatable bonds is 6. The van der Waals surface area contributed by atoms with Crippen LogP contribution in [0.25, 0.3) is 6.08 Å². The minimum Gasteiger partial charge on any atom is -0.488 e. The maximum Gasteiger partial charge on any atom is 0.335 e. The van der Waals surface area contributed by atoms with Crippen molar-refractivity contribution in [2.45, 2.75) is 26.5 Å². The molecule has 0 unspecified atom stereocenters. The normalized spacial score (nSPS) is 15.4. The number of nitrogens with zero attached hydrogens (tertiary/aromatic N) is 1. The largest absolute Gasteiger partial charge is 0.488 e. The minimum absolute atomic E-state index is 0.180. The first-order valence-corrected chi connectivity index (χ1v) is 10.4. The molecule has 0 aliphatic carbocycles. The van der Waals surface area contributed by atoms with Gasteiger partial charge in [-0.1, -0.05) is 18.2 Å². The van der Waals surface area contributed by atoms with Gasteiger partial charge in [-0.2, -0.15) is 0 Å². The number of benzene rings is 2. The average Bonchev–Trinajstić information content (AvgIpc) is 2.94. The van der Waals surface area contributed by atoms with Crippen molar-refractivity contribution in [3.8, 4) is 5.75 Å². The molecule has 150 valence electrons. The summed E-state index contributed by atoms with van der Waals surface area (Å²) in [6.07, 6.45) is 1.69. The van der Waals surface area contributed by atoms with Gasteiger partial charge >= 0.3 is 5.97 Å². The van der Waals surface area contributed by atoms with Crippen molar-refractivity contribution in [1.82, 2.24) is 4.90 Å². The van der Waals surface area contributed by atoms with Crippen LogP contribution < -0.4 is 4.74 Å². The van der Waals surface area contributed by atoms with Gasteiger partial charge in [-0.25, -0.2) is 4.79 Å². The highest BCUT2D eigenvalue weighted by Gasteiger charge is 2.36. The van der Waals surface area contributed by atoms with Crippen molar-refractivity contribution in [2.24, 2.45) is 0 Å². The van der Waals surface area contributed by atoms with Gasteiger partial charge in [-0.3, -0.25) is 14.5 Å². The van der Waals surface area contributed by atoms with Crippen LogP contribution in [0.2, 0.25) is 0 Å². The highest BCUT2D eigenvalue weighted by molar-refractivity contribution is 9.10. The number of imide groups is 1. The Morgan fingerprint density at radius 3 is 2.45 bits per heavy atom. The lowest BCUT2D eigenvalue weighted by atomic mass is 10.1. The van der Waals surface area contributed by atoms with Gasteiger partial charge in [0.25, 0.3) is 11.1 Å². The van der Waals surface area contributed by atoms with E-state index < -0.39 is 5.97 Å². The summed E-state index contributed by atoms with van der Waals surface area (Å²) in [6, 6.07) is 11.7. The molecule has 0 aromatic heterocycles. The number of aromatic carboxylic acids is 1. The second kappa shape index (κ2) is 8.84. The molecule has 0 spiro atoms. The summed E-state index contributed by atoms with van der Waals surface area (Å²) in [6.45, 7) is 3.89. The summed E-state index contributed by atoms with van der Waals surface area (Å²) < 4.78 is 6.49. The standard InChI is InChI=1S/C21H18BrNO5S/c1-12(2)23-19(24)18(29-21(23)27)10-14-5-8-17(16(22)9-14)28-11-13-3-6-15(7-4-13)20(25)26/h3-10,12H,11H2,1-2H3,(H,25,26)/b18-10+. The fourth-order valence-electron chi connectivity index (χ4n) is 2.70. The number of hydrogen-bond donors (Lipinski definition) is 1. The molecular weight excluding hydrogens is 458 g/mol. The maximum absolute atomic E-state index is 12.4. The zero-order valence-corrected chi connectivity index (χ0v) is 18.1. The van der Waals surface area contributed by atoms with Crippen molar-refractivity contribution >= 4 is 50.9 Å². The first-order valence-electron chi connectivity index (χ1n) is 8.78. The number of carbonyl (C=O) groups excluding carboxylic acids is 2. The number of thioether (sulfide) groups is 1. The second-order valence-corrected chi connectivity index (χ2v) is 8.47. The molecule has 0 saturated carbocycles. The topological polar surface area (TPSA) is 83.9 Å². The van der Waals surface area contributed by atoms with Gasteiger partial charge in [-0.05, 0) is 83.0 Å². The first kappa shape index (κ1) is 21.1. The lowest BCUT2D eigenvalue weighted by Crippen LogP contribution is -2.34. The van der Waals surface area contributed by atoms with Gasteiger partial charge in [0.15, 0.2) is 0 Å². The monoisotopic (exact) mass is 475 g/mol. The molecule has 6 nitrogen and oxygen atoms in total. The van der Waals surface area contributed by atoms with Crippen molar-refractivity contribution in [3.63, 3.8) is 0 Å². The van der Waals surface area contributed by atoms with Crippen molar-refractivity contribution in [3.05, 3.63) is 68.5 Å². The quantitative estimate of drug-likeness (QED) is 0.580. The molecule has 8 heteroatoms. The van der Waals surface area contributed by atoms with E-state index in [4.69, 9.17) is 9.84 Å². The smallest absolute Gasteiger partial charge is 0.335 e. The van der Waals surface area contributed by atoms with Crippen LogP contribution in [0.4, 0.5) is 4.79 Å². The van der Waals surface area contributed by atoms with Gasteiger partial charge < -0.3 is 9.84 Å². The number of ether oxygens (including phenoxy) is 1. The minimum atomic E-state index is -0.970. The Morgan fingerprint density at radius 1 is 1.21 bits per heavy atom. The van der Waals surface area contributed by atoms with Crippen LogP contribution in [0.15, 0.2) is 51.8 Å². The molecule has 0 bridgehead atoms. The Hall–Kier alpha value is -2.58. The van der Waals surface area contributed by atoms with E-state index in [1.165, 1.54) is 17.0 Å². The molecule has 1 aliphatic heterocycles. The fraction of sp³-hybridized carbons (Fsp3) is 0.190. The summed E-state index contributed by atoms with van der Waals surface area (Å²) in [5.41, 5.74) is 1.83. The van der Waals surface area contributed by atoms with Crippen LogP contribution in [0.1, 0.15) is 35.3 Å². The first-order chi connectivity index (χ1) is 13.8.